The van der Waals surface area contributed by atoms with E-state index in [1.807, 2.05) is 39.4 Å². The molecule has 3 unspecified atom stereocenters. The number of phosphoric ester groups is 1. The third kappa shape index (κ3) is 48.5. The first kappa shape index (κ1) is 65.5. The predicted octanol–water partition coefficient (Wildman–Crippen LogP) is 16.5. The molecular weight excluding hydrogens is 868 g/mol. The maximum absolute atomic E-state index is 13.5. The molecule has 0 spiro atoms. The molecule has 10 heteroatoms. The van der Waals surface area contributed by atoms with Crippen molar-refractivity contribution in [3.8, 4) is 0 Å². The van der Waals surface area contributed by atoms with Crippen LogP contribution in [0.1, 0.15) is 233 Å². The number of likely N-dealkylation sites (N-methyl/N-ethyl adjacent to an activating group) is 1. The Hall–Kier alpha value is -2.55. The standard InChI is InChI=1S/C58H105N2O7P/c1-7-10-13-16-19-22-25-28-29-30-31-33-35-38-41-44-47-50-57(61)59-55(54-66-68(63,64)65-53-52-60(4,5)6)56(49-46-43-40-37-34-27-24-21-18-15-12-9-3)67-58(62)51-48-45-42-39-36-32-26-23-20-17-14-11-8-2/h19,22,28-29,31-33,36,42,45-46,49,55-56H,7-18,20-21,23-27,30,34-35,37-41,43-44,47-48,50-54H2,1-6H3,(H-,59,61,63,64)/p+1/b22-19-,29-28-,33-31-,36-32-,45-42+,49-46-. The van der Waals surface area contributed by atoms with Gasteiger partial charge in [0.25, 0.3) is 0 Å². The lowest BCUT2D eigenvalue weighted by Crippen LogP contribution is -2.47. The smallest absolute Gasteiger partial charge is 0.456 e. The fourth-order valence-corrected chi connectivity index (χ4v) is 8.26. The lowest BCUT2D eigenvalue weighted by molar-refractivity contribution is -0.870. The summed E-state index contributed by atoms with van der Waals surface area (Å²) in [6, 6.07) is -0.883. The van der Waals surface area contributed by atoms with Gasteiger partial charge in [-0.2, -0.15) is 0 Å². The number of amides is 1. The van der Waals surface area contributed by atoms with Gasteiger partial charge in [-0.15, -0.1) is 0 Å². The molecule has 0 aliphatic heterocycles. The minimum absolute atomic E-state index is 0.0257. The number of rotatable bonds is 49. The van der Waals surface area contributed by atoms with E-state index in [1.54, 1.807) is 0 Å². The van der Waals surface area contributed by atoms with Crippen molar-refractivity contribution in [2.45, 2.75) is 245 Å². The average molecular weight is 974 g/mol. The van der Waals surface area contributed by atoms with Gasteiger partial charge in [0.1, 0.15) is 19.3 Å². The van der Waals surface area contributed by atoms with Gasteiger partial charge < -0.3 is 19.4 Å². The van der Waals surface area contributed by atoms with Crippen molar-refractivity contribution in [3.63, 3.8) is 0 Å². The zero-order valence-corrected chi connectivity index (χ0v) is 45.7. The fourth-order valence-electron chi connectivity index (χ4n) is 7.53. The van der Waals surface area contributed by atoms with Gasteiger partial charge in [-0.3, -0.25) is 18.6 Å². The topological polar surface area (TPSA) is 111 Å². The summed E-state index contributed by atoms with van der Waals surface area (Å²) < 4.78 is 30.5. The summed E-state index contributed by atoms with van der Waals surface area (Å²) in [7, 11) is 1.45. The molecule has 68 heavy (non-hydrogen) atoms. The van der Waals surface area contributed by atoms with Crippen LogP contribution in [0.15, 0.2) is 72.9 Å². The van der Waals surface area contributed by atoms with Gasteiger partial charge in [0.05, 0.1) is 33.8 Å². The third-order valence-electron chi connectivity index (χ3n) is 11.9. The molecule has 0 aromatic heterocycles. The van der Waals surface area contributed by atoms with Crippen molar-refractivity contribution in [1.82, 2.24) is 5.32 Å². The molecule has 0 aliphatic rings. The van der Waals surface area contributed by atoms with Crippen LogP contribution < -0.4 is 5.32 Å². The van der Waals surface area contributed by atoms with Crippen LogP contribution in [0.4, 0.5) is 0 Å². The predicted molar refractivity (Wildman–Crippen MR) is 291 cm³/mol. The second kappa shape index (κ2) is 48.1. The van der Waals surface area contributed by atoms with Crippen LogP contribution in [0.25, 0.3) is 0 Å². The monoisotopic (exact) mass is 974 g/mol. The lowest BCUT2D eigenvalue weighted by Gasteiger charge is -2.27. The van der Waals surface area contributed by atoms with Gasteiger partial charge >= 0.3 is 13.8 Å². The number of nitrogens with one attached hydrogen (secondary N) is 1. The number of carbonyl (C=O) groups is 2. The summed E-state index contributed by atoms with van der Waals surface area (Å²) in [6.45, 7) is 6.90. The molecule has 3 atom stereocenters. The number of quaternary nitrogens is 1. The summed E-state index contributed by atoms with van der Waals surface area (Å²) in [4.78, 5) is 37.5. The van der Waals surface area contributed by atoms with E-state index in [1.165, 1.54) is 116 Å². The van der Waals surface area contributed by atoms with Crippen LogP contribution in [0, 0.1) is 0 Å². The van der Waals surface area contributed by atoms with Crippen molar-refractivity contribution in [2.24, 2.45) is 0 Å². The zero-order chi connectivity index (χ0) is 50.1. The molecule has 1 amide bonds. The van der Waals surface area contributed by atoms with Gasteiger partial charge in [0, 0.05) is 12.8 Å². The zero-order valence-electron chi connectivity index (χ0n) is 44.8. The van der Waals surface area contributed by atoms with Crippen LogP contribution >= 0.6 is 7.82 Å². The van der Waals surface area contributed by atoms with Gasteiger partial charge in [-0.25, -0.2) is 4.57 Å². The van der Waals surface area contributed by atoms with E-state index in [0.29, 0.717) is 30.3 Å². The van der Waals surface area contributed by atoms with Gasteiger partial charge in [0.15, 0.2) is 0 Å². The highest BCUT2D eigenvalue weighted by Crippen LogP contribution is 2.43. The largest absolute Gasteiger partial charge is 0.472 e. The van der Waals surface area contributed by atoms with Crippen molar-refractivity contribution in [3.05, 3.63) is 72.9 Å². The molecule has 0 radical (unpaired) electrons. The maximum Gasteiger partial charge on any atom is 0.472 e. The quantitative estimate of drug-likeness (QED) is 0.0205. The van der Waals surface area contributed by atoms with Crippen molar-refractivity contribution in [1.29, 1.82) is 0 Å². The summed E-state index contributed by atoms with van der Waals surface area (Å²) in [5.41, 5.74) is 0. The first-order valence-electron chi connectivity index (χ1n) is 27.8. The number of phosphoric acid groups is 1. The molecule has 0 aliphatic carbocycles. The second-order valence-corrected chi connectivity index (χ2v) is 21.2. The van der Waals surface area contributed by atoms with E-state index in [2.05, 4.69) is 80.8 Å². The first-order chi connectivity index (χ1) is 32.9. The molecule has 2 N–H and O–H groups in total. The summed E-state index contributed by atoms with van der Waals surface area (Å²) >= 11 is 0. The number of hydrogen-bond donors (Lipinski definition) is 2. The van der Waals surface area contributed by atoms with Crippen LogP contribution in [0.2, 0.25) is 0 Å². The van der Waals surface area contributed by atoms with E-state index in [0.717, 1.165) is 70.6 Å². The highest BCUT2D eigenvalue weighted by molar-refractivity contribution is 7.47. The number of unbranched alkanes of at least 4 members (excludes halogenated alkanes) is 23. The number of hydrogen-bond acceptors (Lipinski definition) is 6. The van der Waals surface area contributed by atoms with Crippen LogP contribution in [0.5, 0.6) is 0 Å². The summed E-state index contributed by atoms with van der Waals surface area (Å²) in [5.74, 6) is -0.612. The minimum atomic E-state index is -4.46. The van der Waals surface area contributed by atoms with Gasteiger partial charge in [-0.1, -0.05) is 203 Å². The molecule has 0 aromatic carbocycles. The SMILES string of the molecule is CCCCC/C=C\C/C=C\C/C=C\CCCCCCC(=O)NC(COP(=O)(O)OCC[N+](C)(C)C)C(/C=C\CCCCCCCCCCCC)OC(=O)CC/C=C/C/C=C\CCCCCCCC. The Morgan fingerprint density at radius 2 is 0.912 bits per heavy atom. The first-order valence-corrected chi connectivity index (χ1v) is 29.3. The maximum atomic E-state index is 13.5. The molecule has 0 aromatic rings. The van der Waals surface area contributed by atoms with Crippen molar-refractivity contribution < 1.29 is 37.3 Å². The number of allylic oxidation sites excluding steroid dienone is 11. The Balaban J connectivity index is 5.49. The molecule has 0 saturated carbocycles. The fraction of sp³-hybridized carbons (Fsp3) is 0.759. The summed E-state index contributed by atoms with van der Waals surface area (Å²) in [5, 5.41) is 3.01. The number of nitrogens with zero attached hydrogens (tertiary/aromatic N) is 1. The van der Waals surface area contributed by atoms with Gasteiger partial charge in [-0.05, 0) is 89.5 Å². The third-order valence-corrected chi connectivity index (χ3v) is 12.9. The second-order valence-electron chi connectivity index (χ2n) is 19.7. The molecule has 394 valence electrons. The molecular formula is C58H106N2O7P+. The van der Waals surface area contributed by atoms with Crippen molar-refractivity contribution in [2.75, 3.05) is 40.9 Å². The average Bonchev–Trinajstić information content (AvgIpc) is 3.29. The van der Waals surface area contributed by atoms with Crippen LogP contribution in [0.3, 0.4) is 0 Å². The van der Waals surface area contributed by atoms with E-state index >= 15 is 0 Å². The van der Waals surface area contributed by atoms with Crippen molar-refractivity contribution >= 4 is 19.7 Å². The minimum Gasteiger partial charge on any atom is -0.456 e. The molecule has 0 bridgehead atoms. The molecule has 9 nitrogen and oxygen atoms in total. The molecule has 0 rings (SSSR count). The highest BCUT2D eigenvalue weighted by Gasteiger charge is 2.30. The Morgan fingerprint density at radius 3 is 1.40 bits per heavy atom. The molecule has 0 fully saturated rings. The van der Waals surface area contributed by atoms with E-state index < -0.39 is 25.9 Å². The Kier molecular flexibility index (Phi) is 46.3. The van der Waals surface area contributed by atoms with Gasteiger partial charge in [0.2, 0.25) is 5.91 Å². The Labute approximate surface area is 419 Å². The summed E-state index contributed by atoms with van der Waals surface area (Å²) in [6.07, 6.45) is 60.5. The highest BCUT2D eigenvalue weighted by atomic mass is 31.2. The van der Waals surface area contributed by atoms with E-state index in [-0.39, 0.29) is 25.5 Å². The van der Waals surface area contributed by atoms with E-state index in [4.69, 9.17) is 13.8 Å². The number of esters is 1. The number of ether oxygens (including phenoxy) is 1. The Bertz CT molecular complexity index is 1400. The molecule has 0 heterocycles. The normalized spacial score (nSPS) is 14.4. The lowest BCUT2D eigenvalue weighted by atomic mass is 10.1. The number of carbonyl (C=O) groups excluding carboxylic acids is 2. The van der Waals surface area contributed by atoms with E-state index in [9.17, 15) is 19.0 Å². The van der Waals surface area contributed by atoms with Crippen LogP contribution in [-0.2, 0) is 27.9 Å². The molecule has 0 saturated heterocycles. The van der Waals surface area contributed by atoms with Crippen LogP contribution in [-0.4, -0.2) is 74.3 Å². The Morgan fingerprint density at radius 1 is 0.515 bits per heavy atom.